The number of rotatable bonds is 5. The number of halogens is 3. The third-order valence-corrected chi connectivity index (χ3v) is 4.77. The molecular formula is C18H17Cl2FN2. The minimum absolute atomic E-state index is 0.266. The van der Waals surface area contributed by atoms with Crippen LogP contribution < -0.4 is 5.73 Å². The van der Waals surface area contributed by atoms with Crippen molar-refractivity contribution >= 4 is 34.1 Å². The van der Waals surface area contributed by atoms with E-state index in [1.54, 1.807) is 12.1 Å². The molecular weight excluding hydrogens is 334 g/mol. The number of hydrogen-bond acceptors (Lipinski definition) is 1. The standard InChI is InChI=1S/C18H17Cl2FN2/c19-15-8-7-14-13(6-1-2-9-22)17(23-18(14)16(15)20)11-4-3-5-12(21)10-11/h3-5,7-8,10,23H,1-2,6,9,22H2. The van der Waals surface area contributed by atoms with Crippen LogP contribution in [0, 0.1) is 5.82 Å². The Labute approximate surface area is 144 Å². The first-order valence-electron chi connectivity index (χ1n) is 7.56. The highest BCUT2D eigenvalue weighted by Gasteiger charge is 2.16. The average Bonchev–Trinajstić information content (AvgIpc) is 2.91. The molecule has 0 unspecified atom stereocenters. The van der Waals surface area contributed by atoms with Gasteiger partial charge in [0.15, 0.2) is 0 Å². The number of hydrogen-bond donors (Lipinski definition) is 2. The van der Waals surface area contributed by atoms with Gasteiger partial charge in [-0.25, -0.2) is 4.39 Å². The van der Waals surface area contributed by atoms with Crippen LogP contribution in [0.15, 0.2) is 36.4 Å². The monoisotopic (exact) mass is 350 g/mol. The summed E-state index contributed by atoms with van der Waals surface area (Å²) in [5, 5.41) is 2.02. The van der Waals surface area contributed by atoms with Crippen molar-refractivity contribution in [2.75, 3.05) is 6.54 Å². The van der Waals surface area contributed by atoms with Crippen molar-refractivity contribution < 1.29 is 4.39 Å². The zero-order valence-electron chi connectivity index (χ0n) is 12.5. The van der Waals surface area contributed by atoms with E-state index >= 15 is 0 Å². The lowest BCUT2D eigenvalue weighted by atomic mass is 10.0. The van der Waals surface area contributed by atoms with E-state index < -0.39 is 0 Å². The second-order valence-electron chi connectivity index (χ2n) is 5.52. The molecule has 0 saturated heterocycles. The Kier molecular flexibility index (Phi) is 4.90. The van der Waals surface area contributed by atoms with Gasteiger partial charge in [0.1, 0.15) is 5.82 Å². The minimum Gasteiger partial charge on any atom is -0.353 e. The number of aromatic amines is 1. The maximum absolute atomic E-state index is 13.6. The predicted octanol–water partition coefficient (Wildman–Crippen LogP) is 5.56. The molecule has 0 bridgehead atoms. The Hall–Kier alpha value is -1.55. The van der Waals surface area contributed by atoms with Gasteiger partial charge in [-0.1, -0.05) is 41.4 Å². The number of aryl methyl sites for hydroxylation is 1. The van der Waals surface area contributed by atoms with Crippen LogP contribution in [0.25, 0.3) is 22.2 Å². The van der Waals surface area contributed by atoms with Crippen molar-refractivity contribution in [3.05, 3.63) is 57.8 Å². The second kappa shape index (κ2) is 6.91. The van der Waals surface area contributed by atoms with Crippen molar-refractivity contribution in [1.82, 2.24) is 4.98 Å². The molecule has 0 aliphatic heterocycles. The van der Waals surface area contributed by atoms with Crippen LogP contribution in [0.3, 0.4) is 0 Å². The lowest BCUT2D eigenvalue weighted by Gasteiger charge is -2.05. The fourth-order valence-electron chi connectivity index (χ4n) is 2.86. The van der Waals surface area contributed by atoms with Crippen molar-refractivity contribution in [2.24, 2.45) is 5.73 Å². The molecule has 1 heterocycles. The average molecular weight is 351 g/mol. The number of benzene rings is 2. The summed E-state index contributed by atoms with van der Waals surface area (Å²) in [4.78, 5) is 3.33. The Balaban J connectivity index is 2.18. The zero-order chi connectivity index (χ0) is 16.4. The summed E-state index contributed by atoms with van der Waals surface area (Å²) in [5.41, 5.74) is 9.20. The number of fused-ring (bicyclic) bond motifs is 1. The number of aromatic nitrogens is 1. The predicted molar refractivity (Wildman–Crippen MR) is 95.7 cm³/mol. The molecule has 2 nitrogen and oxygen atoms in total. The van der Waals surface area contributed by atoms with E-state index in [2.05, 4.69) is 4.98 Å². The molecule has 0 atom stereocenters. The summed E-state index contributed by atoms with van der Waals surface area (Å²) < 4.78 is 13.6. The summed E-state index contributed by atoms with van der Waals surface area (Å²) in [6.07, 6.45) is 2.75. The second-order valence-corrected chi connectivity index (χ2v) is 6.30. The van der Waals surface area contributed by atoms with Crippen LogP contribution in [-0.2, 0) is 6.42 Å². The molecule has 120 valence electrons. The van der Waals surface area contributed by atoms with Crippen LogP contribution in [0.5, 0.6) is 0 Å². The number of H-pyrrole nitrogens is 1. The Morgan fingerprint density at radius 1 is 1.09 bits per heavy atom. The molecule has 0 spiro atoms. The van der Waals surface area contributed by atoms with Crippen LogP contribution in [0.1, 0.15) is 18.4 Å². The maximum Gasteiger partial charge on any atom is 0.123 e. The molecule has 3 N–H and O–H groups in total. The molecule has 0 saturated carbocycles. The van der Waals surface area contributed by atoms with E-state index in [1.807, 2.05) is 12.1 Å². The van der Waals surface area contributed by atoms with Crippen LogP contribution in [0.4, 0.5) is 4.39 Å². The third kappa shape index (κ3) is 3.23. The van der Waals surface area contributed by atoms with Gasteiger partial charge in [-0.2, -0.15) is 0 Å². The van der Waals surface area contributed by atoms with E-state index in [9.17, 15) is 4.39 Å². The van der Waals surface area contributed by atoms with E-state index in [0.717, 1.165) is 47.0 Å². The van der Waals surface area contributed by atoms with Crippen LogP contribution in [-0.4, -0.2) is 11.5 Å². The van der Waals surface area contributed by atoms with Gasteiger partial charge >= 0.3 is 0 Å². The first-order valence-corrected chi connectivity index (χ1v) is 8.32. The van der Waals surface area contributed by atoms with Gasteiger partial charge in [-0.15, -0.1) is 0 Å². The fraction of sp³-hybridized carbons (Fsp3) is 0.222. The lowest BCUT2D eigenvalue weighted by Crippen LogP contribution is -1.99. The van der Waals surface area contributed by atoms with E-state index in [1.165, 1.54) is 12.1 Å². The van der Waals surface area contributed by atoms with Crippen molar-refractivity contribution in [1.29, 1.82) is 0 Å². The maximum atomic E-state index is 13.6. The number of nitrogens with one attached hydrogen (secondary N) is 1. The topological polar surface area (TPSA) is 41.8 Å². The SMILES string of the molecule is NCCCCc1c(-c2cccc(F)c2)[nH]c2c(Cl)c(Cl)ccc12. The van der Waals surface area contributed by atoms with Crippen LogP contribution in [0.2, 0.25) is 10.0 Å². The summed E-state index contributed by atoms with van der Waals surface area (Å²) >= 11 is 12.5. The van der Waals surface area contributed by atoms with Gasteiger partial charge in [0.25, 0.3) is 0 Å². The lowest BCUT2D eigenvalue weighted by molar-refractivity contribution is 0.628. The van der Waals surface area contributed by atoms with E-state index in [-0.39, 0.29) is 5.82 Å². The Morgan fingerprint density at radius 2 is 1.91 bits per heavy atom. The number of nitrogens with two attached hydrogens (primary N) is 1. The molecule has 3 rings (SSSR count). The normalized spacial score (nSPS) is 11.3. The van der Waals surface area contributed by atoms with Gasteiger partial charge in [-0.05, 0) is 49.6 Å². The highest BCUT2D eigenvalue weighted by Crippen LogP contribution is 2.37. The first-order chi connectivity index (χ1) is 11.1. The smallest absolute Gasteiger partial charge is 0.123 e. The highest BCUT2D eigenvalue weighted by atomic mass is 35.5. The Morgan fingerprint density at radius 3 is 2.65 bits per heavy atom. The van der Waals surface area contributed by atoms with Gasteiger partial charge < -0.3 is 10.7 Å². The van der Waals surface area contributed by atoms with Gasteiger partial charge in [0.2, 0.25) is 0 Å². The highest BCUT2D eigenvalue weighted by molar-refractivity contribution is 6.45. The molecule has 23 heavy (non-hydrogen) atoms. The fourth-order valence-corrected chi connectivity index (χ4v) is 3.23. The van der Waals surface area contributed by atoms with Gasteiger partial charge in [0, 0.05) is 16.6 Å². The van der Waals surface area contributed by atoms with E-state index in [4.69, 9.17) is 28.9 Å². The summed E-state index contributed by atoms with van der Waals surface area (Å²) in [6, 6.07) is 10.3. The molecule has 0 aliphatic rings. The third-order valence-electron chi connectivity index (χ3n) is 3.97. The first kappa shape index (κ1) is 16.3. The zero-order valence-corrected chi connectivity index (χ0v) is 14.0. The molecule has 3 aromatic rings. The molecule has 1 aromatic heterocycles. The van der Waals surface area contributed by atoms with Crippen LogP contribution >= 0.6 is 23.2 Å². The molecule has 0 fully saturated rings. The quantitative estimate of drug-likeness (QED) is 0.581. The molecule has 5 heteroatoms. The van der Waals surface area contributed by atoms with Crippen molar-refractivity contribution in [3.8, 4) is 11.3 Å². The molecule has 0 radical (unpaired) electrons. The largest absolute Gasteiger partial charge is 0.353 e. The number of unbranched alkanes of at least 4 members (excludes halogenated alkanes) is 1. The van der Waals surface area contributed by atoms with Gasteiger partial charge in [-0.3, -0.25) is 0 Å². The summed E-state index contributed by atoms with van der Waals surface area (Å²) in [5.74, 6) is -0.266. The molecule has 0 amide bonds. The van der Waals surface area contributed by atoms with E-state index in [0.29, 0.717) is 16.6 Å². The van der Waals surface area contributed by atoms with Crippen molar-refractivity contribution in [2.45, 2.75) is 19.3 Å². The van der Waals surface area contributed by atoms with Gasteiger partial charge in [0.05, 0.1) is 15.6 Å². The van der Waals surface area contributed by atoms with Crippen molar-refractivity contribution in [3.63, 3.8) is 0 Å². The minimum atomic E-state index is -0.266. The summed E-state index contributed by atoms with van der Waals surface area (Å²) in [6.45, 7) is 0.657. The Bertz CT molecular complexity index is 842. The molecule has 0 aliphatic carbocycles. The summed E-state index contributed by atoms with van der Waals surface area (Å²) in [7, 11) is 0. The molecule has 2 aromatic carbocycles.